The molecular weight excluding hydrogens is 244 g/mol. The van der Waals surface area contributed by atoms with Gasteiger partial charge in [0.1, 0.15) is 0 Å². The number of benzene rings is 1. The molecule has 0 N–H and O–H groups in total. The average Bonchev–Trinajstić information content (AvgIpc) is 2.59. The van der Waals surface area contributed by atoms with Crippen LogP contribution < -0.4 is 34.5 Å². The summed E-state index contributed by atoms with van der Waals surface area (Å²) in [6, 6.07) is 8.02. The number of fused-ring (bicyclic) bond motifs is 1. The summed E-state index contributed by atoms with van der Waals surface area (Å²) in [7, 11) is 0.293. The molecule has 0 bridgehead atoms. The van der Waals surface area contributed by atoms with E-state index in [2.05, 4.69) is 0 Å². The molecule has 0 aliphatic heterocycles. The summed E-state index contributed by atoms with van der Waals surface area (Å²) in [5.74, 6) is 0. The fourth-order valence-corrected chi connectivity index (χ4v) is 4.29. The van der Waals surface area contributed by atoms with Gasteiger partial charge in [-0.1, -0.05) is 24.3 Å². The molecule has 1 aliphatic rings. The van der Waals surface area contributed by atoms with Crippen molar-refractivity contribution in [3.8, 4) is 0 Å². The van der Waals surface area contributed by atoms with Crippen molar-refractivity contribution in [3.05, 3.63) is 35.4 Å². The summed E-state index contributed by atoms with van der Waals surface area (Å²) in [6.45, 7) is 0. The van der Waals surface area contributed by atoms with Gasteiger partial charge < -0.3 is 14.4 Å². The van der Waals surface area contributed by atoms with E-state index in [4.69, 9.17) is 0 Å². The third-order valence-electron chi connectivity index (χ3n) is 3.07. The van der Waals surface area contributed by atoms with E-state index in [1.54, 1.807) is 19.0 Å². The minimum Gasteiger partial charge on any atom is -0.798 e. The van der Waals surface area contributed by atoms with Crippen molar-refractivity contribution in [2.45, 2.75) is 18.5 Å². The standard InChI is InChI=1S/C12H18NO2P.Na/c1-13(2)9-16(14,15)12-7-10-5-3-4-6-11(10)8-12;/h3-6,12H,7-9H2,1-2H3,(H,14,15);/q;+1/p-1. The number of rotatable bonds is 3. The van der Waals surface area contributed by atoms with Gasteiger partial charge in [-0.05, 0) is 38.1 Å². The number of hydrogen-bond acceptors (Lipinski definition) is 3. The Balaban J connectivity index is 0.00000144. The quantitative estimate of drug-likeness (QED) is 0.482. The third-order valence-corrected chi connectivity index (χ3v) is 5.50. The van der Waals surface area contributed by atoms with Gasteiger partial charge in [0.25, 0.3) is 0 Å². The molecule has 0 amide bonds. The van der Waals surface area contributed by atoms with Gasteiger partial charge in [-0.15, -0.1) is 0 Å². The topological polar surface area (TPSA) is 43.4 Å². The third kappa shape index (κ3) is 3.66. The molecule has 0 saturated heterocycles. The Hall–Kier alpha value is 0.370. The molecule has 0 fully saturated rings. The van der Waals surface area contributed by atoms with Gasteiger partial charge in [0.05, 0.1) is 0 Å². The number of nitrogens with zero attached hydrogens (tertiary/aromatic N) is 1. The summed E-state index contributed by atoms with van der Waals surface area (Å²) < 4.78 is 12.1. The van der Waals surface area contributed by atoms with Crippen molar-refractivity contribution in [1.82, 2.24) is 4.90 Å². The van der Waals surface area contributed by atoms with E-state index in [1.165, 1.54) is 11.1 Å². The van der Waals surface area contributed by atoms with Gasteiger partial charge in [-0.25, -0.2) is 0 Å². The van der Waals surface area contributed by atoms with E-state index in [1.807, 2.05) is 24.3 Å². The second-order valence-electron chi connectivity index (χ2n) is 4.78. The molecule has 1 unspecified atom stereocenters. The van der Waals surface area contributed by atoms with Crippen molar-refractivity contribution < 1.29 is 39.0 Å². The van der Waals surface area contributed by atoms with Crippen LogP contribution in [-0.2, 0) is 17.4 Å². The van der Waals surface area contributed by atoms with E-state index < -0.39 is 7.37 Å². The Kier molecular flexibility index (Phi) is 5.45. The molecule has 0 heterocycles. The molecule has 2 rings (SSSR count). The van der Waals surface area contributed by atoms with Crippen LogP contribution in [0.2, 0.25) is 0 Å². The van der Waals surface area contributed by atoms with E-state index in [0.717, 1.165) is 0 Å². The maximum Gasteiger partial charge on any atom is 1.00 e. The maximum atomic E-state index is 12.1. The molecule has 5 heteroatoms. The zero-order chi connectivity index (χ0) is 11.8. The van der Waals surface area contributed by atoms with Crippen LogP contribution in [0.5, 0.6) is 0 Å². The fraction of sp³-hybridized carbons (Fsp3) is 0.500. The van der Waals surface area contributed by atoms with Crippen LogP contribution in [0.1, 0.15) is 11.1 Å². The predicted molar refractivity (Wildman–Crippen MR) is 63.8 cm³/mol. The van der Waals surface area contributed by atoms with Gasteiger partial charge in [0.15, 0.2) is 0 Å². The van der Waals surface area contributed by atoms with Crippen LogP contribution in [0.15, 0.2) is 24.3 Å². The van der Waals surface area contributed by atoms with Crippen molar-refractivity contribution in [1.29, 1.82) is 0 Å². The molecule has 0 spiro atoms. The molecule has 1 aliphatic carbocycles. The normalized spacial score (nSPS) is 18.6. The van der Waals surface area contributed by atoms with Gasteiger partial charge in [-0.2, -0.15) is 0 Å². The summed E-state index contributed by atoms with van der Waals surface area (Å²) in [6.07, 6.45) is 1.54. The first-order chi connectivity index (χ1) is 7.49. The van der Waals surface area contributed by atoms with Crippen molar-refractivity contribution in [3.63, 3.8) is 0 Å². The van der Waals surface area contributed by atoms with Gasteiger partial charge in [0.2, 0.25) is 0 Å². The predicted octanol–water partition coefficient (Wildman–Crippen LogP) is -1.68. The minimum atomic E-state index is -3.30. The zero-order valence-electron chi connectivity index (χ0n) is 10.7. The monoisotopic (exact) mass is 261 g/mol. The molecule has 1 aromatic rings. The Morgan fingerprint density at radius 2 is 1.76 bits per heavy atom. The zero-order valence-corrected chi connectivity index (χ0v) is 13.6. The first-order valence-corrected chi connectivity index (χ1v) is 7.38. The second kappa shape index (κ2) is 6.01. The summed E-state index contributed by atoms with van der Waals surface area (Å²) in [4.78, 5) is 13.8. The van der Waals surface area contributed by atoms with Crippen molar-refractivity contribution in [2.24, 2.45) is 0 Å². The molecule has 1 aromatic carbocycles. The van der Waals surface area contributed by atoms with Gasteiger partial charge >= 0.3 is 29.6 Å². The molecule has 1 atom stereocenters. The first kappa shape index (κ1) is 15.4. The molecule has 0 aromatic heterocycles. The molecule has 0 radical (unpaired) electrons. The minimum absolute atomic E-state index is 0. The Bertz CT molecular complexity index is 411. The van der Waals surface area contributed by atoms with Gasteiger partial charge in [-0.3, -0.25) is 0 Å². The smallest absolute Gasteiger partial charge is 0.798 e. The summed E-state index contributed by atoms with van der Waals surface area (Å²) in [5.41, 5.74) is 2.19. The van der Waals surface area contributed by atoms with Crippen LogP contribution in [0, 0.1) is 0 Å². The van der Waals surface area contributed by atoms with E-state index in [0.29, 0.717) is 12.8 Å². The van der Waals surface area contributed by atoms with Crippen LogP contribution >= 0.6 is 7.37 Å². The largest absolute Gasteiger partial charge is 1.00 e. The second-order valence-corrected chi connectivity index (χ2v) is 7.24. The fourth-order valence-electron chi connectivity index (χ4n) is 2.32. The number of hydrogen-bond donors (Lipinski definition) is 0. The van der Waals surface area contributed by atoms with Crippen LogP contribution in [0.25, 0.3) is 0 Å². The van der Waals surface area contributed by atoms with E-state index in [-0.39, 0.29) is 41.5 Å². The molecular formula is C12H17NNaO2P. The summed E-state index contributed by atoms with van der Waals surface area (Å²) >= 11 is 0. The first-order valence-electron chi connectivity index (χ1n) is 5.50. The Labute approximate surface area is 125 Å². The molecule has 3 nitrogen and oxygen atoms in total. The summed E-state index contributed by atoms with van der Waals surface area (Å²) in [5, 5.41) is 0. The average molecular weight is 261 g/mol. The van der Waals surface area contributed by atoms with E-state index in [9.17, 15) is 9.46 Å². The Morgan fingerprint density at radius 3 is 2.18 bits per heavy atom. The molecule has 88 valence electrons. The van der Waals surface area contributed by atoms with Crippen LogP contribution in [-0.4, -0.2) is 30.9 Å². The maximum absolute atomic E-state index is 12.1. The van der Waals surface area contributed by atoms with Crippen LogP contribution in [0.4, 0.5) is 0 Å². The van der Waals surface area contributed by atoms with E-state index >= 15 is 0 Å². The van der Waals surface area contributed by atoms with Gasteiger partial charge in [0, 0.05) is 19.3 Å². The van der Waals surface area contributed by atoms with Crippen molar-refractivity contribution >= 4 is 7.37 Å². The molecule has 0 saturated carbocycles. The molecule has 17 heavy (non-hydrogen) atoms. The van der Waals surface area contributed by atoms with Crippen LogP contribution in [0.3, 0.4) is 0 Å². The van der Waals surface area contributed by atoms with Crippen molar-refractivity contribution in [2.75, 3.05) is 20.4 Å². The Morgan fingerprint density at radius 1 is 1.29 bits per heavy atom. The SMILES string of the molecule is CN(C)CP(=O)([O-])C1Cc2ccccc2C1.[Na+].